The van der Waals surface area contributed by atoms with Crippen molar-refractivity contribution in [1.29, 1.82) is 0 Å². The van der Waals surface area contributed by atoms with Crippen molar-refractivity contribution in [3.8, 4) is 0 Å². The highest BCUT2D eigenvalue weighted by Crippen LogP contribution is 2.24. The zero-order valence-corrected chi connectivity index (χ0v) is 11.3. The predicted molar refractivity (Wildman–Crippen MR) is 69.6 cm³/mol. The first kappa shape index (κ1) is 13.7. The highest BCUT2D eigenvalue weighted by Gasteiger charge is 2.29. The Kier molecular flexibility index (Phi) is 3.99. The van der Waals surface area contributed by atoms with E-state index in [2.05, 4.69) is 10.00 Å². The van der Waals surface area contributed by atoms with Crippen LogP contribution in [-0.2, 0) is 13.0 Å². The third kappa shape index (κ3) is 2.84. The van der Waals surface area contributed by atoms with Crippen LogP contribution in [0.25, 0.3) is 0 Å². The van der Waals surface area contributed by atoms with Gasteiger partial charge in [-0.05, 0) is 39.9 Å². The predicted octanol–water partition coefficient (Wildman–Crippen LogP) is 1.05. The summed E-state index contributed by atoms with van der Waals surface area (Å²) in [6.45, 7) is 1.56. The average molecular weight is 265 g/mol. The smallest absolute Gasteiger partial charge is 0.357 e. The van der Waals surface area contributed by atoms with Gasteiger partial charge in [-0.25, -0.2) is 4.79 Å². The van der Waals surface area contributed by atoms with Crippen molar-refractivity contribution in [2.24, 2.45) is 0 Å². The Labute approximate surface area is 112 Å². The molecule has 1 aliphatic rings. The highest BCUT2D eigenvalue weighted by atomic mass is 16.4. The zero-order chi connectivity index (χ0) is 14.0. The molecule has 0 fully saturated rings. The Morgan fingerprint density at radius 2 is 2.16 bits per heavy atom. The van der Waals surface area contributed by atoms with E-state index in [4.69, 9.17) is 5.11 Å². The second-order valence-electron chi connectivity index (χ2n) is 5.13. The summed E-state index contributed by atoms with van der Waals surface area (Å²) in [5, 5.41) is 13.3. The molecule has 0 aliphatic heterocycles. The molecule has 0 atom stereocenters. The van der Waals surface area contributed by atoms with Crippen LogP contribution in [-0.4, -0.2) is 52.2 Å². The van der Waals surface area contributed by atoms with Gasteiger partial charge in [0.15, 0.2) is 11.5 Å². The maximum absolute atomic E-state index is 11.9. The van der Waals surface area contributed by atoms with Crippen LogP contribution in [0.1, 0.15) is 45.8 Å². The molecule has 0 amide bonds. The number of aryl methyl sites for hydroxylation is 1. The Morgan fingerprint density at radius 3 is 2.79 bits per heavy atom. The molecule has 0 unspecified atom stereocenters. The van der Waals surface area contributed by atoms with Crippen molar-refractivity contribution in [1.82, 2.24) is 14.7 Å². The molecule has 0 saturated carbocycles. The topological polar surface area (TPSA) is 75.4 Å². The zero-order valence-electron chi connectivity index (χ0n) is 11.3. The molecule has 104 valence electrons. The number of aromatic carboxylic acids is 1. The molecule has 6 nitrogen and oxygen atoms in total. The minimum Gasteiger partial charge on any atom is -0.476 e. The Bertz CT molecular complexity index is 505. The van der Waals surface area contributed by atoms with Crippen LogP contribution in [0.2, 0.25) is 0 Å². The van der Waals surface area contributed by atoms with Crippen LogP contribution in [0.4, 0.5) is 0 Å². The molecule has 6 heteroatoms. The van der Waals surface area contributed by atoms with E-state index in [9.17, 15) is 9.59 Å². The number of carbonyl (C=O) groups is 2. The lowest BCUT2D eigenvalue weighted by atomic mass is 9.94. The van der Waals surface area contributed by atoms with Crippen molar-refractivity contribution in [2.45, 2.75) is 32.2 Å². The van der Waals surface area contributed by atoms with E-state index in [-0.39, 0.29) is 11.5 Å². The lowest BCUT2D eigenvalue weighted by molar-refractivity contribution is 0.0684. The number of carboxylic acid groups (broad SMARTS) is 1. The van der Waals surface area contributed by atoms with Gasteiger partial charge in [-0.15, -0.1) is 0 Å². The summed E-state index contributed by atoms with van der Waals surface area (Å²) in [5.41, 5.74) is 1.06. The molecule has 0 aromatic carbocycles. The highest BCUT2D eigenvalue weighted by molar-refractivity contribution is 6.06. The maximum Gasteiger partial charge on any atom is 0.357 e. The number of fused-ring (bicyclic) bond motifs is 1. The number of aromatic nitrogens is 2. The number of Topliss-reactive ketones (excluding diaryl/α,β-unsaturated/α-hetero) is 1. The van der Waals surface area contributed by atoms with E-state index in [0.717, 1.165) is 31.5 Å². The molecule has 1 aromatic rings. The van der Waals surface area contributed by atoms with E-state index < -0.39 is 5.97 Å². The minimum absolute atomic E-state index is 0.0791. The van der Waals surface area contributed by atoms with Gasteiger partial charge in [0.1, 0.15) is 0 Å². The molecule has 0 bridgehead atoms. The van der Waals surface area contributed by atoms with Crippen LogP contribution < -0.4 is 0 Å². The second-order valence-corrected chi connectivity index (χ2v) is 5.13. The molecule has 1 N–H and O–H groups in total. The molecule has 1 heterocycles. The summed E-state index contributed by atoms with van der Waals surface area (Å²) < 4.78 is 1.71. The van der Waals surface area contributed by atoms with E-state index >= 15 is 0 Å². The number of hydrogen-bond acceptors (Lipinski definition) is 4. The van der Waals surface area contributed by atoms with Gasteiger partial charge in [0.25, 0.3) is 0 Å². The van der Waals surface area contributed by atoms with Crippen molar-refractivity contribution in [3.05, 3.63) is 17.0 Å². The van der Waals surface area contributed by atoms with Crippen molar-refractivity contribution in [3.63, 3.8) is 0 Å². The van der Waals surface area contributed by atoms with Crippen LogP contribution >= 0.6 is 0 Å². The second kappa shape index (κ2) is 5.52. The van der Waals surface area contributed by atoms with Crippen molar-refractivity contribution in [2.75, 3.05) is 20.6 Å². The first-order chi connectivity index (χ1) is 9.00. The summed E-state index contributed by atoms with van der Waals surface area (Å²) in [6, 6.07) is 0. The normalized spacial score (nSPS) is 14.8. The molecular formula is C13H19N3O3. The average Bonchev–Trinajstić information content (AvgIpc) is 2.69. The molecule has 2 rings (SSSR count). The Hall–Kier alpha value is -1.69. The van der Waals surface area contributed by atoms with E-state index in [1.165, 1.54) is 0 Å². The molecule has 19 heavy (non-hydrogen) atoms. The summed E-state index contributed by atoms with van der Waals surface area (Å²) >= 11 is 0. The summed E-state index contributed by atoms with van der Waals surface area (Å²) in [4.78, 5) is 25.1. The number of nitrogens with zero attached hydrogens (tertiary/aromatic N) is 3. The van der Waals surface area contributed by atoms with Gasteiger partial charge < -0.3 is 10.0 Å². The monoisotopic (exact) mass is 265 g/mol. The fourth-order valence-corrected chi connectivity index (χ4v) is 2.46. The van der Waals surface area contributed by atoms with Crippen LogP contribution in [0.15, 0.2) is 0 Å². The van der Waals surface area contributed by atoms with Gasteiger partial charge in [-0.1, -0.05) is 0 Å². The molecule has 0 saturated heterocycles. The first-order valence-electron chi connectivity index (χ1n) is 6.51. The third-order valence-electron chi connectivity index (χ3n) is 3.33. The lowest BCUT2D eigenvalue weighted by Crippen LogP contribution is -2.18. The molecule has 0 radical (unpaired) electrons. The molecule has 1 aliphatic carbocycles. The third-order valence-corrected chi connectivity index (χ3v) is 3.33. The van der Waals surface area contributed by atoms with Crippen LogP contribution in [0, 0.1) is 0 Å². The standard InChI is InChI=1S/C13H19N3O3/c1-15(2)7-4-8-16-9-5-3-6-10(17)11(9)12(14-16)13(18)19/h3-8H2,1-2H3,(H,18,19). The summed E-state index contributed by atoms with van der Waals surface area (Å²) in [6.07, 6.45) is 2.83. The SMILES string of the molecule is CN(C)CCCn1nc(C(=O)O)c2c1CCCC2=O. The molecular weight excluding hydrogens is 246 g/mol. The van der Waals surface area contributed by atoms with Gasteiger partial charge in [0.2, 0.25) is 0 Å². The van der Waals surface area contributed by atoms with E-state index in [0.29, 0.717) is 18.5 Å². The fourth-order valence-electron chi connectivity index (χ4n) is 2.46. The van der Waals surface area contributed by atoms with Crippen LogP contribution in [0.5, 0.6) is 0 Å². The fraction of sp³-hybridized carbons (Fsp3) is 0.615. The Balaban J connectivity index is 2.27. The Morgan fingerprint density at radius 1 is 1.42 bits per heavy atom. The largest absolute Gasteiger partial charge is 0.476 e. The summed E-state index contributed by atoms with van der Waals surface area (Å²) in [7, 11) is 3.98. The van der Waals surface area contributed by atoms with Gasteiger partial charge in [-0.2, -0.15) is 5.10 Å². The molecule has 1 aromatic heterocycles. The van der Waals surface area contributed by atoms with Crippen molar-refractivity contribution >= 4 is 11.8 Å². The van der Waals surface area contributed by atoms with Gasteiger partial charge >= 0.3 is 5.97 Å². The first-order valence-corrected chi connectivity index (χ1v) is 6.51. The number of carboxylic acids is 1. The van der Waals surface area contributed by atoms with Crippen molar-refractivity contribution < 1.29 is 14.7 Å². The van der Waals surface area contributed by atoms with Gasteiger partial charge in [0, 0.05) is 13.0 Å². The number of carbonyl (C=O) groups excluding carboxylic acids is 1. The quantitative estimate of drug-likeness (QED) is 0.861. The maximum atomic E-state index is 11.9. The molecule has 0 spiro atoms. The van der Waals surface area contributed by atoms with E-state index in [1.54, 1.807) is 4.68 Å². The van der Waals surface area contributed by atoms with E-state index in [1.807, 2.05) is 14.1 Å². The lowest BCUT2D eigenvalue weighted by Gasteiger charge is -2.14. The number of hydrogen-bond donors (Lipinski definition) is 1. The van der Waals surface area contributed by atoms with Crippen LogP contribution in [0.3, 0.4) is 0 Å². The number of ketones is 1. The number of rotatable bonds is 5. The van der Waals surface area contributed by atoms with Gasteiger partial charge in [-0.3, -0.25) is 9.48 Å². The van der Waals surface area contributed by atoms with Gasteiger partial charge in [0.05, 0.1) is 11.3 Å². The summed E-state index contributed by atoms with van der Waals surface area (Å²) in [5.74, 6) is -1.20. The minimum atomic E-state index is -1.11.